The van der Waals surface area contributed by atoms with Gasteiger partial charge in [-0.2, -0.15) is 0 Å². The molecule has 2 atom stereocenters. The van der Waals surface area contributed by atoms with Gasteiger partial charge in [-0.1, -0.05) is 27.2 Å². The molecule has 0 rings (SSSR count). The highest BCUT2D eigenvalue weighted by Gasteiger charge is 2.25. The van der Waals surface area contributed by atoms with Crippen LogP contribution in [-0.2, 0) is 4.57 Å². The Hall–Kier alpha value is 0.190. The molecule has 0 fully saturated rings. The fourth-order valence-corrected chi connectivity index (χ4v) is 3.03. The minimum atomic E-state index is -2.80. The zero-order valence-electron chi connectivity index (χ0n) is 7.71. The predicted molar refractivity (Wildman–Crippen MR) is 49.4 cm³/mol. The van der Waals surface area contributed by atoms with Crippen LogP contribution in [0, 0.1) is 0 Å². The SMILES string of the molecule is CCCC(CC)P(=O)(O)CC. The zero-order chi connectivity index (χ0) is 8.91. The van der Waals surface area contributed by atoms with Crippen LogP contribution in [0.15, 0.2) is 0 Å². The second-order valence-corrected chi connectivity index (χ2v) is 5.80. The van der Waals surface area contributed by atoms with Crippen LogP contribution in [0.4, 0.5) is 0 Å². The van der Waals surface area contributed by atoms with Crippen LogP contribution in [0.5, 0.6) is 0 Å². The summed E-state index contributed by atoms with van der Waals surface area (Å²) in [6, 6.07) is 0. The minimum Gasteiger partial charge on any atom is -0.344 e. The standard InChI is InChI=1S/C8H19O2P/c1-4-7-8(5-2)11(9,10)6-3/h8H,4-7H2,1-3H3,(H,9,10). The van der Waals surface area contributed by atoms with Gasteiger partial charge in [-0.3, -0.25) is 4.57 Å². The van der Waals surface area contributed by atoms with Gasteiger partial charge in [0.2, 0.25) is 7.37 Å². The average Bonchev–Trinajstić information content (AvgIpc) is 2.00. The van der Waals surface area contributed by atoms with Crippen molar-refractivity contribution in [2.24, 2.45) is 0 Å². The molecule has 2 unspecified atom stereocenters. The third-order valence-corrected chi connectivity index (χ3v) is 4.79. The first-order chi connectivity index (χ1) is 5.08. The van der Waals surface area contributed by atoms with E-state index in [0.717, 1.165) is 19.3 Å². The molecule has 0 aromatic heterocycles. The highest BCUT2D eigenvalue weighted by atomic mass is 31.2. The molecule has 11 heavy (non-hydrogen) atoms. The molecule has 0 heterocycles. The van der Waals surface area contributed by atoms with Gasteiger partial charge in [0.1, 0.15) is 0 Å². The summed E-state index contributed by atoms with van der Waals surface area (Å²) in [5.41, 5.74) is 0.0394. The van der Waals surface area contributed by atoms with Gasteiger partial charge in [0, 0.05) is 11.8 Å². The maximum absolute atomic E-state index is 11.5. The van der Waals surface area contributed by atoms with Gasteiger partial charge in [-0.25, -0.2) is 0 Å². The Labute approximate surface area is 69.5 Å². The highest BCUT2D eigenvalue weighted by Crippen LogP contribution is 2.48. The fraction of sp³-hybridized carbons (Fsp3) is 1.00. The summed E-state index contributed by atoms with van der Waals surface area (Å²) >= 11 is 0. The monoisotopic (exact) mass is 178 g/mol. The van der Waals surface area contributed by atoms with E-state index in [2.05, 4.69) is 6.92 Å². The summed E-state index contributed by atoms with van der Waals surface area (Å²) in [6.45, 7) is 5.83. The predicted octanol–water partition coefficient (Wildman–Crippen LogP) is 2.86. The Bertz CT molecular complexity index is 145. The van der Waals surface area contributed by atoms with Crippen molar-refractivity contribution in [2.75, 3.05) is 6.16 Å². The molecule has 0 aliphatic heterocycles. The maximum atomic E-state index is 11.5. The Kier molecular flexibility index (Phi) is 5.03. The quantitative estimate of drug-likeness (QED) is 0.657. The van der Waals surface area contributed by atoms with Gasteiger partial charge < -0.3 is 4.89 Å². The Balaban J connectivity index is 4.12. The first-order valence-electron chi connectivity index (χ1n) is 4.39. The van der Waals surface area contributed by atoms with Gasteiger partial charge in [-0.05, 0) is 12.8 Å². The third kappa shape index (κ3) is 3.39. The molecule has 0 saturated heterocycles. The van der Waals surface area contributed by atoms with Crippen LogP contribution < -0.4 is 0 Å². The van der Waals surface area contributed by atoms with E-state index in [9.17, 15) is 9.46 Å². The number of rotatable bonds is 5. The molecule has 68 valence electrons. The van der Waals surface area contributed by atoms with E-state index in [4.69, 9.17) is 0 Å². The molecule has 0 aromatic carbocycles. The molecule has 3 heteroatoms. The zero-order valence-corrected chi connectivity index (χ0v) is 8.60. The Morgan fingerprint density at radius 3 is 2.18 bits per heavy atom. The van der Waals surface area contributed by atoms with Gasteiger partial charge in [0.05, 0.1) is 0 Å². The molecule has 2 nitrogen and oxygen atoms in total. The van der Waals surface area contributed by atoms with Gasteiger partial charge in [-0.15, -0.1) is 0 Å². The molecule has 0 aliphatic rings. The van der Waals surface area contributed by atoms with Crippen LogP contribution >= 0.6 is 7.37 Å². The third-order valence-electron chi connectivity index (χ3n) is 2.12. The fourth-order valence-electron chi connectivity index (χ4n) is 1.28. The van der Waals surface area contributed by atoms with Crippen molar-refractivity contribution in [1.82, 2.24) is 0 Å². The van der Waals surface area contributed by atoms with Crippen molar-refractivity contribution >= 4 is 7.37 Å². The molecule has 0 aromatic rings. The number of hydrogen-bond acceptors (Lipinski definition) is 1. The first-order valence-corrected chi connectivity index (χ1v) is 6.31. The molecular formula is C8H19O2P. The van der Waals surface area contributed by atoms with E-state index < -0.39 is 7.37 Å². The summed E-state index contributed by atoms with van der Waals surface area (Å²) in [7, 11) is -2.80. The summed E-state index contributed by atoms with van der Waals surface area (Å²) in [5, 5.41) is 0. The van der Waals surface area contributed by atoms with Crippen molar-refractivity contribution < 1.29 is 9.46 Å². The first kappa shape index (κ1) is 11.2. The molecule has 0 amide bonds. The molecule has 1 N–H and O–H groups in total. The summed E-state index contributed by atoms with van der Waals surface area (Å²) < 4.78 is 11.5. The summed E-state index contributed by atoms with van der Waals surface area (Å²) in [6.07, 6.45) is 3.14. The van der Waals surface area contributed by atoms with Crippen LogP contribution in [-0.4, -0.2) is 16.7 Å². The van der Waals surface area contributed by atoms with E-state index >= 15 is 0 Å². The van der Waals surface area contributed by atoms with Crippen LogP contribution in [0.25, 0.3) is 0 Å². The smallest absolute Gasteiger partial charge is 0.203 e. The highest BCUT2D eigenvalue weighted by molar-refractivity contribution is 7.58. The van der Waals surface area contributed by atoms with Crippen molar-refractivity contribution in [3.63, 3.8) is 0 Å². The van der Waals surface area contributed by atoms with Crippen molar-refractivity contribution in [2.45, 2.75) is 45.7 Å². The molecule has 0 bridgehead atoms. The Morgan fingerprint density at radius 1 is 1.36 bits per heavy atom. The molecule has 0 spiro atoms. The van der Waals surface area contributed by atoms with Crippen molar-refractivity contribution in [3.05, 3.63) is 0 Å². The van der Waals surface area contributed by atoms with Crippen molar-refractivity contribution in [1.29, 1.82) is 0 Å². The van der Waals surface area contributed by atoms with E-state index in [-0.39, 0.29) is 5.66 Å². The number of hydrogen-bond donors (Lipinski definition) is 1. The lowest BCUT2D eigenvalue weighted by Crippen LogP contribution is -2.08. The maximum Gasteiger partial charge on any atom is 0.203 e. The minimum absolute atomic E-state index is 0.0394. The lowest BCUT2D eigenvalue weighted by Gasteiger charge is -2.19. The molecule has 0 aliphatic carbocycles. The van der Waals surface area contributed by atoms with Crippen LogP contribution in [0.3, 0.4) is 0 Å². The Morgan fingerprint density at radius 2 is 1.91 bits per heavy atom. The van der Waals surface area contributed by atoms with Gasteiger partial charge in [0.25, 0.3) is 0 Å². The van der Waals surface area contributed by atoms with Crippen LogP contribution in [0.1, 0.15) is 40.0 Å². The summed E-state index contributed by atoms with van der Waals surface area (Å²) in [5.74, 6) is 0. The largest absolute Gasteiger partial charge is 0.344 e. The summed E-state index contributed by atoms with van der Waals surface area (Å²) in [4.78, 5) is 9.47. The van der Waals surface area contributed by atoms with Gasteiger partial charge in [0.15, 0.2) is 0 Å². The van der Waals surface area contributed by atoms with Crippen LogP contribution in [0.2, 0.25) is 0 Å². The normalized spacial score (nSPS) is 19.3. The van der Waals surface area contributed by atoms with Crippen molar-refractivity contribution in [3.8, 4) is 0 Å². The molecule has 0 radical (unpaired) electrons. The second-order valence-electron chi connectivity index (χ2n) is 2.92. The van der Waals surface area contributed by atoms with E-state index in [1.807, 2.05) is 6.92 Å². The lowest BCUT2D eigenvalue weighted by atomic mass is 10.2. The average molecular weight is 178 g/mol. The lowest BCUT2D eigenvalue weighted by molar-refractivity contribution is 0.454. The van der Waals surface area contributed by atoms with E-state index in [1.54, 1.807) is 6.92 Å². The van der Waals surface area contributed by atoms with E-state index in [0.29, 0.717) is 6.16 Å². The van der Waals surface area contributed by atoms with E-state index in [1.165, 1.54) is 0 Å². The van der Waals surface area contributed by atoms with Gasteiger partial charge >= 0.3 is 0 Å². The topological polar surface area (TPSA) is 37.3 Å². The molecular weight excluding hydrogens is 159 g/mol. The second kappa shape index (κ2) is 4.95. The molecule has 0 saturated carbocycles.